The van der Waals surface area contributed by atoms with Gasteiger partial charge in [-0.15, -0.1) is 0 Å². The van der Waals surface area contributed by atoms with Gasteiger partial charge in [0.2, 0.25) is 0 Å². The van der Waals surface area contributed by atoms with E-state index in [1.807, 2.05) is 11.8 Å². The summed E-state index contributed by atoms with van der Waals surface area (Å²) in [6, 6.07) is 28.3. The van der Waals surface area contributed by atoms with Crippen LogP contribution in [0.25, 0.3) is 16.8 Å². The number of thioether (sulfide) groups is 1. The van der Waals surface area contributed by atoms with Crippen molar-refractivity contribution in [1.82, 2.24) is 0 Å². The van der Waals surface area contributed by atoms with Crippen molar-refractivity contribution in [2.24, 2.45) is 0 Å². The molecule has 1 aliphatic rings. The van der Waals surface area contributed by atoms with Crippen molar-refractivity contribution < 1.29 is 28.5 Å². The minimum absolute atomic E-state index is 0. The Morgan fingerprint density at radius 1 is 0.871 bits per heavy atom. The number of nitrogens with zero attached hydrogens (tertiary/aromatic N) is 2. The molecule has 0 saturated heterocycles. The van der Waals surface area contributed by atoms with Crippen LogP contribution in [-0.2, 0) is 6.54 Å². The van der Waals surface area contributed by atoms with Crippen LogP contribution in [0.1, 0.15) is 22.5 Å². The molecule has 4 heteroatoms. The maximum atomic E-state index is 2.38. The van der Waals surface area contributed by atoms with E-state index in [1.54, 1.807) is 0 Å². The zero-order chi connectivity index (χ0) is 20.7. The summed E-state index contributed by atoms with van der Waals surface area (Å²) in [5.41, 5.74) is 6.44. The zero-order valence-electron chi connectivity index (χ0n) is 18.0. The van der Waals surface area contributed by atoms with Crippen molar-refractivity contribution in [3.63, 3.8) is 0 Å². The summed E-state index contributed by atoms with van der Waals surface area (Å²) in [5, 5.41) is 3.87. The second-order valence-corrected chi connectivity index (χ2v) is 8.98. The second-order valence-electron chi connectivity index (χ2n) is 7.92. The summed E-state index contributed by atoms with van der Waals surface area (Å²) in [6.07, 6.45) is 2.31. The highest BCUT2D eigenvalue weighted by Crippen LogP contribution is 2.49. The van der Waals surface area contributed by atoms with E-state index in [2.05, 4.69) is 115 Å². The fraction of sp³-hybridized carbons (Fsp3) is 0.148. The van der Waals surface area contributed by atoms with Crippen LogP contribution in [0, 0.1) is 13.8 Å². The average molecular weight is 536 g/mol. The van der Waals surface area contributed by atoms with E-state index in [-0.39, 0.29) is 24.0 Å². The molecule has 1 aromatic heterocycles. The third-order valence-corrected chi connectivity index (χ3v) is 6.97. The number of benzene rings is 3. The van der Waals surface area contributed by atoms with E-state index in [1.165, 1.54) is 48.9 Å². The molecule has 0 bridgehead atoms. The van der Waals surface area contributed by atoms with Crippen LogP contribution in [0.3, 0.4) is 0 Å². The first kappa shape index (κ1) is 21.9. The quantitative estimate of drug-likeness (QED) is 0.293. The van der Waals surface area contributed by atoms with Gasteiger partial charge in [0.15, 0.2) is 17.9 Å². The first-order chi connectivity index (χ1) is 14.6. The summed E-state index contributed by atoms with van der Waals surface area (Å²) in [4.78, 5) is 3.66. The number of fused-ring (bicyclic) bond motifs is 3. The largest absolute Gasteiger partial charge is 1.00 e. The Bertz CT molecular complexity index is 1260. The molecule has 0 fully saturated rings. The van der Waals surface area contributed by atoms with Gasteiger partial charge in [0, 0.05) is 48.9 Å². The lowest BCUT2D eigenvalue weighted by Gasteiger charge is -2.16. The Morgan fingerprint density at radius 3 is 2.29 bits per heavy atom. The fourth-order valence-electron chi connectivity index (χ4n) is 4.28. The van der Waals surface area contributed by atoms with Gasteiger partial charge in [0.05, 0.1) is 10.7 Å². The van der Waals surface area contributed by atoms with E-state index < -0.39 is 0 Å². The Balaban J connectivity index is 0.00000231. The van der Waals surface area contributed by atoms with Crippen molar-refractivity contribution >= 4 is 34.3 Å². The van der Waals surface area contributed by atoms with Crippen molar-refractivity contribution in [1.29, 1.82) is 0 Å². The van der Waals surface area contributed by atoms with Gasteiger partial charge in [0.1, 0.15) is 0 Å². The van der Waals surface area contributed by atoms with Crippen LogP contribution in [0.15, 0.2) is 88.8 Å². The number of aryl methyl sites for hydroxylation is 2. The van der Waals surface area contributed by atoms with Gasteiger partial charge in [-0.25, -0.2) is 0 Å². The second kappa shape index (κ2) is 9.05. The minimum atomic E-state index is 0. The normalized spacial score (nSPS) is 14.0. The molecule has 5 rings (SSSR count). The lowest BCUT2D eigenvalue weighted by atomic mass is 10.1. The van der Waals surface area contributed by atoms with Crippen LogP contribution >= 0.6 is 11.8 Å². The molecule has 156 valence electrons. The predicted octanol–water partition coefficient (Wildman–Crippen LogP) is 3.34. The summed E-state index contributed by atoms with van der Waals surface area (Å²) in [7, 11) is 2.18. The van der Waals surface area contributed by atoms with E-state index >= 15 is 0 Å². The average Bonchev–Trinajstić information content (AvgIpc) is 3.07. The molecule has 31 heavy (non-hydrogen) atoms. The molecule has 0 spiro atoms. The van der Waals surface area contributed by atoms with E-state index in [0.29, 0.717) is 0 Å². The number of halogens is 1. The number of anilines is 1. The molecule has 1 aliphatic heterocycles. The molecule has 3 aromatic carbocycles. The monoisotopic (exact) mass is 536 g/mol. The molecule has 0 saturated carbocycles. The fourth-order valence-corrected chi connectivity index (χ4v) is 5.41. The van der Waals surface area contributed by atoms with Gasteiger partial charge < -0.3 is 28.9 Å². The van der Waals surface area contributed by atoms with Gasteiger partial charge in [-0.1, -0.05) is 72.4 Å². The van der Waals surface area contributed by atoms with Gasteiger partial charge in [0.25, 0.3) is 0 Å². The van der Waals surface area contributed by atoms with Crippen LogP contribution in [0.4, 0.5) is 5.69 Å². The zero-order valence-corrected chi connectivity index (χ0v) is 20.9. The van der Waals surface area contributed by atoms with Crippen LogP contribution < -0.4 is 33.4 Å². The minimum Gasteiger partial charge on any atom is -1.00 e. The summed E-state index contributed by atoms with van der Waals surface area (Å²) < 4.78 is 2.38. The molecule has 0 atom stereocenters. The lowest BCUT2D eigenvalue weighted by Crippen LogP contribution is -3.00. The predicted molar refractivity (Wildman–Crippen MR) is 128 cm³/mol. The Hall–Kier alpha value is -2.31. The van der Waals surface area contributed by atoms with Crippen molar-refractivity contribution in [3.8, 4) is 0 Å². The third-order valence-electron chi connectivity index (χ3n) is 5.82. The standard InChI is InChI=1S/C27H25N2S.HI/c1-19-15-22(16-20(2)29(19)18-21-9-5-4-6-10-21)17-26-28(3)27-24-12-8-7-11-23(24)13-14-25(27)30-26;/h4-17H,18H2,1-3H3;1H/q+1;/p-1. The first-order valence-electron chi connectivity index (χ1n) is 10.3. The summed E-state index contributed by atoms with van der Waals surface area (Å²) >= 11 is 1.85. The Labute approximate surface area is 205 Å². The van der Waals surface area contributed by atoms with E-state index in [4.69, 9.17) is 0 Å². The Morgan fingerprint density at radius 2 is 1.55 bits per heavy atom. The van der Waals surface area contributed by atoms with Crippen LogP contribution in [0.2, 0.25) is 0 Å². The summed E-state index contributed by atoms with van der Waals surface area (Å²) in [6.45, 7) is 5.30. The van der Waals surface area contributed by atoms with Crippen LogP contribution in [0.5, 0.6) is 0 Å². The van der Waals surface area contributed by atoms with Crippen molar-refractivity contribution in [3.05, 3.63) is 106 Å². The molecule has 0 radical (unpaired) electrons. The molecular weight excluding hydrogens is 511 g/mol. The van der Waals surface area contributed by atoms with Crippen molar-refractivity contribution in [2.45, 2.75) is 25.3 Å². The highest BCUT2D eigenvalue weighted by Gasteiger charge is 2.24. The van der Waals surface area contributed by atoms with Gasteiger partial charge in [-0.2, -0.15) is 4.57 Å². The maximum Gasteiger partial charge on any atom is 0.179 e. The molecule has 0 unspecified atom stereocenters. The topological polar surface area (TPSA) is 7.12 Å². The molecule has 2 heterocycles. The molecule has 0 aliphatic carbocycles. The number of hydrogen-bond acceptors (Lipinski definition) is 2. The van der Waals surface area contributed by atoms with E-state index in [9.17, 15) is 0 Å². The smallest absolute Gasteiger partial charge is 0.179 e. The van der Waals surface area contributed by atoms with E-state index in [0.717, 1.165) is 6.54 Å². The Kier molecular flexibility index (Phi) is 6.39. The third kappa shape index (κ3) is 4.23. The first-order valence-corrected chi connectivity index (χ1v) is 11.1. The highest BCUT2D eigenvalue weighted by molar-refractivity contribution is 8.04. The number of rotatable bonds is 3. The van der Waals surface area contributed by atoms with Gasteiger partial charge >= 0.3 is 0 Å². The SMILES string of the molecule is Cc1cc(/C=C2\Sc3ccc4ccccc4c3N2C)cc(C)[n+]1Cc1ccccc1.[I-]. The number of pyridine rings is 1. The molecule has 0 amide bonds. The van der Waals surface area contributed by atoms with Gasteiger partial charge in [-0.3, -0.25) is 0 Å². The molecule has 4 aromatic rings. The van der Waals surface area contributed by atoms with Crippen LogP contribution in [-0.4, -0.2) is 7.05 Å². The highest BCUT2D eigenvalue weighted by atomic mass is 127. The number of aromatic nitrogens is 1. The summed E-state index contributed by atoms with van der Waals surface area (Å²) in [5.74, 6) is 0. The number of hydrogen-bond donors (Lipinski definition) is 0. The van der Waals surface area contributed by atoms with Gasteiger partial charge in [-0.05, 0) is 23.1 Å². The molecule has 2 nitrogen and oxygen atoms in total. The maximum absolute atomic E-state index is 2.38. The van der Waals surface area contributed by atoms with Crippen molar-refractivity contribution in [2.75, 3.05) is 11.9 Å². The molecular formula is C27H25IN2S. The lowest BCUT2D eigenvalue weighted by molar-refractivity contribution is -0.700. The molecule has 0 N–H and O–H groups in total.